The van der Waals surface area contributed by atoms with E-state index in [0.717, 1.165) is 30.6 Å². The number of carbonyl (C=O) groups excluding carboxylic acids is 3. The average molecular weight is 416 g/mol. The molecule has 3 amide bonds. The second kappa shape index (κ2) is 9.96. The van der Waals surface area contributed by atoms with Crippen molar-refractivity contribution in [3.8, 4) is 5.75 Å². The van der Waals surface area contributed by atoms with Crippen LogP contribution in [0.3, 0.4) is 0 Å². The van der Waals surface area contributed by atoms with Crippen molar-refractivity contribution in [2.24, 2.45) is 5.92 Å². The lowest BCUT2D eigenvalue weighted by Gasteiger charge is -2.34. The Kier molecular flexibility index (Phi) is 7.34. The van der Waals surface area contributed by atoms with Crippen LogP contribution in [0.2, 0.25) is 0 Å². The monoisotopic (exact) mass is 415 g/mol. The Morgan fingerprint density at radius 3 is 2.53 bits per heavy atom. The van der Waals surface area contributed by atoms with Crippen LogP contribution < -0.4 is 10.1 Å². The molecular formula is C23H33N3O4. The normalized spacial score (nSPS) is 20.0. The van der Waals surface area contributed by atoms with E-state index in [0.29, 0.717) is 26.1 Å². The smallest absolute Gasteiger partial charge is 0.258 e. The summed E-state index contributed by atoms with van der Waals surface area (Å²) in [4.78, 5) is 40.8. The van der Waals surface area contributed by atoms with E-state index in [1.165, 1.54) is 0 Å². The van der Waals surface area contributed by atoms with Crippen LogP contribution in [-0.4, -0.2) is 65.8 Å². The predicted molar refractivity (Wildman–Crippen MR) is 114 cm³/mol. The number of benzene rings is 1. The van der Waals surface area contributed by atoms with Crippen LogP contribution in [0, 0.1) is 5.92 Å². The van der Waals surface area contributed by atoms with Gasteiger partial charge in [0.05, 0.1) is 5.92 Å². The molecule has 164 valence electrons. The highest BCUT2D eigenvalue weighted by molar-refractivity contribution is 5.89. The van der Waals surface area contributed by atoms with Crippen molar-refractivity contribution in [2.75, 3.05) is 26.2 Å². The van der Waals surface area contributed by atoms with E-state index in [2.05, 4.69) is 12.2 Å². The van der Waals surface area contributed by atoms with E-state index in [4.69, 9.17) is 4.74 Å². The van der Waals surface area contributed by atoms with E-state index in [-0.39, 0.29) is 42.3 Å². The molecule has 2 aliphatic heterocycles. The highest BCUT2D eigenvalue weighted by Gasteiger charge is 2.38. The van der Waals surface area contributed by atoms with Gasteiger partial charge in [-0.25, -0.2) is 0 Å². The maximum Gasteiger partial charge on any atom is 0.258 e. The average Bonchev–Trinajstić information content (AvgIpc) is 3.14. The molecule has 1 N–H and O–H groups in total. The van der Waals surface area contributed by atoms with Crippen molar-refractivity contribution in [2.45, 2.75) is 58.5 Å². The van der Waals surface area contributed by atoms with Crippen LogP contribution in [0.4, 0.5) is 0 Å². The van der Waals surface area contributed by atoms with Gasteiger partial charge in [0.15, 0.2) is 6.61 Å². The van der Waals surface area contributed by atoms with Crippen molar-refractivity contribution >= 4 is 17.7 Å². The van der Waals surface area contributed by atoms with E-state index in [1.54, 1.807) is 4.90 Å². The summed E-state index contributed by atoms with van der Waals surface area (Å²) >= 11 is 0. The molecule has 0 aromatic heterocycles. The maximum atomic E-state index is 12.8. The lowest BCUT2D eigenvalue weighted by Crippen LogP contribution is -2.49. The van der Waals surface area contributed by atoms with E-state index in [9.17, 15) is 14.4 Å². The van der Waals surface area contributed by atoms with E-state index in [1.807, 2.05) is 43.0 Å². The molecule has 0 aliphatic carbocycles. The molecule has 0 saturated carbocycles. The summed E-state index contributed by atoms with van der Waals surface area (Å²) in [5, 5.41) is 3.02. The Balaban J connectivity index is 1.41. The first-order valence-corrected chi connectivity index (χ1v) is 11.0. The number of amides is 3. The molecular weight excluding hydrogens is 382 g/mol. The molecule has 2 fully saturated rings. The van der Waals surface area contributed by atoms with Crippen LogP contribution >= 0.6 is 0 Å². The summed E-state index contributed by atoms with van der Waals surface area (Å²) in [6.45, 7) is 7.73. The Labute approximate surface area is 178 Å². The number of hydrogen-bond acceptors (Lipinski definition) is 4. The predicted octanol–water partition coefficient (Wildman–Crippen LogP) is 1.99. The number of ether oxygens (including phenoxy) is 1. The van der Waals surface area contributed by atoms with Crippen LogP contribution in [0.1, 0.15) is 45.6 Å². The molecule has 7 nitrogen and oxygen atoms in total. The van der Waals surface area contributed by atoms with Crippen LogP contribution in [-0.2, 0) is 20.8 Å². The fourth-order valence-corrected chi connectivity index (χ4v) is 4.25. The van der Waals surface area contributed by atoms with Gasteiger partial charge in [0, 0.05) is 38.1 Å². The van der Waals surface area contributed by atoms with Crippen LogP contribution in [0.25, 0.3) is 0 Å². The zero-order valence-electron chi connectivity index (χ0n) is 18.2. The van der Waals surface area contributed by atoms with Gasteiger partial charge in [0.1, 0.15) is 5.75 Å². The first-order chi connectivity index (χ1) is 14.4. The Hall–Kier alpha value is -2.57. The molecule has 30 heavy (non-hydrogen) atoms. The zero-order chi connectivity index (χ0) is 21.7. The molecule has 0 spiro atoms. The van der Waals surface area contributed by atoms with Gasteiger partial charge in [-0.2, -0.15) is 0 Å². The molecule has 1 unspecified atom stereocenters. The molecule has 2 aliphatic rings. The number of likely N-dealkylation sites (tertiary alicyclic amines) is 2. The highest BCUT2D eigenvalue weighted by Crippen LogP contribution is 2.24. The molecule has 2 saturated heterocycles. The van der Waals surface area contributed by atoms with Gasteiger partial charge in [0.25, 0.3) is 5.91 Å². The summed E-state index contributed by atoms with van der Waals surface area (Å²) < 4.78 is 5.68. The van der Waals surface area contributed by atoms with Crippen LogP contribution in [0.5, 0.6) is 5.75 Å². The van der Waals surface area contributed by atoms with Gasteiger partial charge in [0.2, 0.25) is 11.8 Å². The highest BCUT2D eigenvalue weighted by atomic mass is 16.5. The van der Waals surface area contributed by atoms with Gasteiger partial charge < -0.3 is 19.9 Å². The topological polar surface area (TPSA) is 79.0 Å². The maximum absolute atomic E-state index is 12.8. The van der Waals surface area contributed by atoms with Crippen LogP contribution in [0.15, 0.2) is 24.3 Å². The standard InChI is InChI=1S/C23H33N3O4/c1-4-17-7-5-6-8-20(17)30-15-21(27)24-19-9-11-25(12-10-19)23(29)18-13-22(28)26(14-18)16(2)3/h5-8,16,18-19H,4,9-15H2,1-3H3,(H,24,27). The number of piperidine rings is 1. The number of rotatable bonds is 7. The first kappa shape index (κ1) is 22.1. The van der Waals surface area contributed by atoms with Crippen molar-refractivity contribution in [3.05, 3.63) is 29.8 Å². The zero-order valence-corrected chi connectivity index (χ0v) is 18.2. The summed E-state index contributed by atoms with van der Waals surface area (Å²) in [6, 6.07) is 7.91. The minimum atomic E-state index is -0.238. The Bertz CT molecular complexity index is 771. The first-order valence-electron chi connectivity index (χ1n) is 11.0. The van der Waals surface area contributed by atoms with E-state index >= 15 is 0 Å². The SMILES string of the molecule is CCc1ccccc1OCC(=O)NC1CCN(C(=O)C2CC(=O)N(C(C)C)C2)CC1. The molecule has 0 radical (unpaired) electrons. The largest absolute Gasteiger partial charge is 0.483 e. The number of nitrogens with zero attached hydrogens (tertiary/aromatic N) is 2. The fourth-order valence-electron chi connectivity index (χ4n) is 4.25. The minimum absolute atomic E-state index is 0.00855. The van der Waals surface area contributed by atoms with Gasteiger partial charge >= 0.3 is 0 Å². The lowest BCUT2D eigenvalue weighted by atomic mass is 10.0. The minimum Gasteiger partial charge on any atom is -0.483 e. The van der Waals surface area contributed by atoms with Gasteiger partial charge in [-0.3, -0.25) is 14.4 Å². The fraction of sp³-hybridized carbons (Fsp3) is 0.609. The molecule has 2 heterocycles. The summed E-state index contributed by atoms with van der Waals surface area (Å²) in [6.07, 6.45) is 2.60. The Morgan fingerprint density at radius 2 is 1.90 bits per heavy atom. The summed E-state index contributed by atoms with van der Waals surface area (Å²) in [7, 11) is 0. The molecule has 7 heteroatoms. The number of hydrogen-bond donors (Lipinski definition) is 1. The molecule has 1 aromatic carbocycles. The van der Waals surface area contributed by atoms with Crippen molar-refractivity contribution in [1.82, 2.24) is 15.1 Å². The molecule has 1 aromatic rings. The molecule has 0 bridgehead atoms. The van der Waals surface area contributed by atoms with Gasteiger partial charge in [-0.05, 0) is 44.7 Å². The number of para-hydroxylation sites is 1. The molecule has 1 atom stereocenters. The number of carbonyl (C=O) groups is 3. The second-order valence-corrected chi connectivity index (χ2v) is 8.46. The quantitative estimate of drug-likeness (QED) is 0.739. The van der Waals surface area contributed by atoms with E-state index < -0.39 is 0 Å². The van der Waals surface area contributed by atoms with Crippen molar-refractivity contribution in [1.29, 1.82) is 0 Å². The second-order valence-electron chi connectivity index (χ2n) is 8.46. The number of aryl methyl sites for hydroxylation is 1. The summed E-state index contributed by atoms with van der Waals surface area (Å²) in [5.41, 5.74) is 1.08. The van der Waals surface area contributed by atoms with Gasteiger partial charge in [-0.1, -0.05) is 25.1 Å². The Morgan fingerprint density at radius 1 is 1.20 bits per heavy atom. The third-order valence-electron chi connectivity index (χ3n) is 6.02. The van der Waals surface area contributed by atoms with Gasteiger partial charge in [-0.15, -0.1) is 0 Å². The third-order valence-corrected chi connectivity index (χ3v) is 6.02. The number of nitrogens with one attached hydrogen (secondary N) is 1. The van der Waals surface area contributed by atoms with Crippen molar-refractivity contribution < 1.29 is 19.1 Å². The molecule has 3 rings (SSSR count). The van der Waals surface area contributed by atoms with Crippen molar-refractivity contribution in [3.63, 3.8) is 0 Å². The summed E-state index contributed by atoms with van der Waals surface area (Å²) in [5.74, 6) is 0.501. The third kappa shape index (κ3) is 5.32. The lowest BCUT2D eigenvalue weighted by molar-refractivity contribution is -0.137.